The number of thiophene rings is 1. The molecule has 0 unspecified atom stereocenters. The van der Waals surface area contributed by atoms with Gasteiger partial charge in [-0.05, 0) is 62.3 Å². The van der Waals surface area contributed by atoms with Crippen LogP contribution < -0.4 is 14.8 Å². The van der Waals surface area contributed by atoms with E-state index in [0.717, 1.165) is 47.3 Å². The highest BCUT2D eigenvalue weighted by atomic mass is 32.1. The normalized spacial score (nSPS) is 11.3. The van der Waals surface area contributed by atoms with Crippen LogP contribution >= 0.6 is 11.3 Å². The van der Waals surface area contributed by atoms with Crippen molar-refractivity contribution in [1.82, 2.24) is 19.8 Å². The first kappa shape index (κ1) is 24.5. The predicted octanol–water partition coefficient (Wildman–Crippen LogP) is 4.04. The lowest BCUT2D eigenvalue weighted by Gasteiger charge is -2.17. The second-order valence-corrected chi connectivity index (χ2v) is 8.79. The third kappa shape index (κ3) is 7.76. The minimum atomic E-state index is 0.0469. The summed E-state index contributed by atoms with van der Waals surface area (Å²) in [6.07, 6.45) is 11.6. The number of benzene rings is 1. The molecule has 1 aromatic carbocycles. The van der Waals surface area contributed by atoms with Gasteiger partial charge in [-0.1, -0.05) is 12.1 Å². The van der Waals surface area contributed by atoms with Crippen LogP contribution in [-0.2, 0) is 11.2 Å². The van der Waals surface area contributed by atoms with E-state index >= 15 is 0 Å². The van der Waals surface area contributed by atoms with Gasteiger partial charge in [0.1, 0.15) is 5.00 Å². The Hall–Kier alpha value is -3.10. The molecule has 3 aromatic rings. The predicted molar refractivity (Wildman–Crippen MR) is 133 cm³/mol. The Morgan fingerprint density at radius 1 is 1.18 bits per heavy atom. The zero-order valence-corrected chi connectivity index (χ0v) is 20.3. The highest BCUT2D eigenvalue weighted by molar-refractivity contribution is 7.15. The zero-order chi connectivity index (χ0) is 23.5. The number of aromatic nitrogens is 2. The Morgan fingerprint density at radius 3 is 2.79 bits per heavy atom. The topological polar surface area (TPSA) is 68.6 Å². The van der Waals surface area contributed by atoms with Crippen LogP contribution in [-0.4, -0.2) is 61.3 Å². The second-order valence-electron chi connectivity index (χ2n) is 7.70. The van der Waals surface area contributed by atoms with Crippen LogP contribution in [0.4, 0.5) is 0 Å². The maximum Gasteiger partial charge on any atom is 0.223 e. The van der Waals surface area contributed by atoms with Gasteiger partial charge in [-0.2, -0.15) is 0 Å². The molecule has 0 bridgehead atoms. The largest absolute Gasteiger partial charge is 0.493 e. The van der Waals surface area contributed by atoms with Crippen LogP contribution in [0.25, 0.3) is 11.1 Å². The first-order valence-electron chi connectivity index (χ1n) is 11.0. The maximum absolute atomic E-state index is 12.1. The van der Waals surface area contributed by atoms with Crippen LogP contribution in [0.1, 0.15) is 23.3 Å². The molecule has 0 saturated heterocycles. The molecule has 1 amide bonds. The molecule has 1 N–H and O–H groups in total. The second kappa shape index (κ2) is 12.8. The summed E-state index contributed by atoms with van der Waals surface area (Å²) in [5, 5.41) is 4.10. The lowest BCUT2D eigenvalue weighted by atomic mass is 10.1. The van der Waals surface area contributed by atoms with Crippen LogP contribution in [0.3, 0.4) is 0 Å². The molecule has 2 aromatic heterocycles. The number of carbonyl (C=O) groups excluding carboxylic acids is 1. The number of methoxy groups -OCH3 is 2. The first-order valence-corrected chi connectivity index (χ1v) is 11.8. The van der Waals surface area contributed by atoms with E-state index in [2.05, 4.69) is 28.3 Å². The van der Waals surface area contributed by atoms with Gasteiger partial charge in [-0.25, -0.2) is 4.98 Å². The van der Waals surface area contributed by atoms with Crippen molar-refractivity contribution in [2.75, 3.05) is 40.9 Å². The summed E-state index contributed by atoms with van der Waals surface area (Å²) >= 11 is 1.66. The quantitative estimate of drug-likeness (QED) is 0.384. The zero-order valence-electron chi connectivity index (χ0n) is 19.5. The lowest BCUT2D eigenvalue weighted by Crippen LogP contribution is -2.28. The Morgan fingerprint density at radius 2 is 2.03 bits per heavy atom. The number of rotatable bonds is 13. The van der Waals surface area contributed by atoms with E-state index in [4.69, 9.17) is 9.47 Å². The van der Waals surface area contributed by atoms with E-state index in [1.165, 1.54) is 5.56 Å². The molecular weight excluding hydrogens is 436 g/mol. The Kier molecular flexibility index (Phi) is 9.53. The van der Waals surface area contributed by atoms with Gasteiger partial charge in [0.05, 0.1) is 20.5 Å². The van der Waals surface area contributed by atoms with E-state index in [0.29, 0.717) is 13.0 Å². The minimum Gasteiger partial charge on any atom is -0.493 e. The van der Waals surface area contributed by atoms with E-state index in [9.17, 15) is 4.79 Å². The molecule has 8 heteroatoms. The molecule has 0 aliphatic heterocycles. The summed E-state index contributed by atoms with van der Waals surface area (Å²) < 4.78 is 12.6. The lowest BCUT2D eigenvalue weighted by molar-refractivity contribution is -0.120. The monoisotopic (exact) mass is 468 g/mol. The average Bonchev–Trinajstić information content (AvgIpc) is 3.52. The fourth-order valence-corrected chi connectivity index (χ4v) is 4.25. The molecule has 33 heavy (non-hydrogen) atoms. The highest BCUT2D eigenvalue weighted by Gasteiger charge is 2.06. The molecule has 0 spiro atoms. The summed E-state index contributed by atoms with van der Waals surface area (Å²) in [4.78, 5) is 19.5. The van der Waals surface area contributed by atoms with Crippen molar-refractivity contribution in [2.24, 2.45) is 0 Å². The van der Waals surface area contributed by atoms with Gasteiger partial charge in [0.2, 0.25) is 5.91 Å². The average molecular weight is 469 g/mol. The van der Waals surface area contributed by atoms with Gasteiger partial charge in [-0.15, -0.1) is 11.3 Å². The number of imidazole rings is 1. The molecular formula is C25H32N4O3S. The highest BCUT2D eigenvalue weighted by Crippen LogP contribution is 2.27. The standard InChI is InChI=1S/C25H32N4O3S/c1-28(16-12-20-8-10-22(31-2)23(18-20)32-3)15-5-13-27-24(30)7-4-6-21-9-11-25(33-21)29-17-14-26-19-29/h4,6,8-11,14,17-19H,5,7,12-13,15-16H2,1-3H3,(H,27,30)/b6-4+. The van der Waals surface area contributed by atoms with Gasteiger partial charge < -0.3 is 19.7 Å². The van der Waals surface area contributed by atoms with Crippen LogP contribution in [0, 0.1) is 0 Å². The van der Waals surface area contributed by atoms with E-state index < -0.39 is 0 Å². The number of hydrogen-bond acceptors (Lipinski definition) is 6. The van der Waals surface area contributed by atoms with Gasteiger partial charge in [-0.3, -0.25) is 9.36 Å². The SMILES string of the molecule is COc1ccc(CCN(C)CCCNC(=O)C/C=C/c2ccc(-n3ccnc3)s2)cc1OC. The molecule has 0 radical (unpaired) electrons. The molecule has 2 heterocycles. The van der Waals surface area contributed by atoms with Crippen LogP contribution in [0.2, 0.25) is 0 Å². The minimum absolute atomic E-state index is 0.0469. The smallest absolute Gasteiger partial charge is 0.223 e. The molecule has 7 nitrogen and oxygen atoms in total. The Labute approximate surface area is 199 Å². The third-order valence-electron chi connectivity index (χ3n) is 5.23. The summed E-state index contributed by atoms with van der Waals surface area (Å²) in [5.74, 6) is 1.55. The molecule has 0 atom stereocenters. The van der Waals surface area contributed by atoms with Crippen LogP contribution in [0.5, 0.6) is 11.5 Å². The number of amides is 1. The van der Waals surface area contributed by atoms with Gasteiger partial charge in [0.15, 0.2) is 11.5 Å². The van der Waals surface area contributed by atoms with Crippen molar-refractivity contribution in [3.8, 4) is 16.5 Å². The summed E-state index contributed by atoms with van der Waals surface area (Å²) in [7, 11) is 5.40. The van der Waals surface area contributed by atoms with Crippen molar-refractivity contribution >= 4 is 23.3 Å². The van der Waals surface area contributed by atoms with Crippen molar-refractivity contribution in [1.29, 1.82) is 0 Å². The summed E-state index contributed by atoms with van der Waals surface area (Å²) in [5.41, 5.74) is 1.21. The Balaban J connectivity index is 1.29. The fourth-order valence-electron chi connectivity index (χ4n) is 3.36. The number of carbonyl (C=O) groups is 1. The molecule has 0 aliphatic carbocycles. The molecule has 3 rings (SSSR count). The van der Waals surface area contributed by atoms with Gasteiger partial charge >= 0.3 is 0 Å². The van der Waals surface area contributed by atoms with Crippen LogP contribution in [0.15, 0.2) is 55.1 Å². The molecule has 0 fully saturated rings. The van der Waals surface area contributed by atoms with Crippen molar-refractivity contribution in [3.05, 3.63) is 65.6 Å². The first-order chi connectivity index (χ1) is 16.1. The summed E-state index contributed by atoms with van der Waals surface area (Å²) in [6.45, 7) is 2.54. The van der Waals surface area contributed by atoms with E-state index in [1.807, 2.05) is 47.2 Å². The number of likely N-dealkylation sites (N-methyl/N-ethyl adjacent to an activating group) is 1. The van der Waals surface area contributed by atoms with E-state index in [-0.39, 0.29) is 5.91 Å². The number of ether oxygens (including phenoxy) is 2. The number of nitrogens with one attached hydrogen (secondary N) is 1. The summed E-state index contributed by atoms with van der Waals surface area (Å²) in [6, 6.07) is 10.1. The van der Waals surface area contributed by atoms with Crippen molar-refractivity contribution in [2.45, 2.75) is 19.3 Å². The Bertz CT molecular complexity index is 1030. The van der Waals surface area contributed by atoms with Crippen molar-refractivity contribution in [3.63, 3.8) is 0 Å². The van der Waals surface area contributed by atoms with Gasteiger partial charge in [0.25, 0.3) is 0 Å². The number of nitrogens with zero attached hydrogens (tertiary/aromatic N) is 3. The van der Waals surface area contributed by atoms with Crippen molar-refractivity contribution < 1.29 is 14.3 Å². The maximum atomic E-state index is 12.1. The van der Waals surface area contributed by atoms with Gasteiger partial charge in [0, 0.05) is 36.8 Å². The third-order valence-corrected chi connectivity index (χ3v) is 6.29. The molecule has 0 aliphatic rings. The van der Waals surface area contributed by atoms with E-state index in [1.54, 1.807) is 38.1 Å². The molecule has 0 saturated carbocycles. The molecule has 176 valence electrons. The number of hydrogen-bond donors (Lipinski definition) is 1. The fraction of sp³-hybridized carbons (Fsp3) is 0.360.